The number of nitriles is 1. The highest BCUT2D eigenvalue weighted by Gasteiger charge is 2.41. The number of Topliss-reactive ketones (excluding diaryl/α,β-unsaturated/α-hetero) is 1. The molecule has 5 rings (SSSR count). The zero-order valence-electron chi connectivity index (χ0n) is 21.1. The normalized spacial score (nSPS) is 17.4. The van der Waals surface area contributed by atoms with Crippen LogP contribution in [0.4, 0.5) is 10.1 Å². The Morgan fingerprint density at radius 3 is 2.74 bits per heavy atom. The van der Waals surface area contributed by atoms with Crippen molar-refractivity contribution < 1.29 is 13.9 Å². The van der Waals surface area contributed by atoms with Gasteiger partial charge >= 0.3 is 0 Å². The van der Waals surface area contributed by atoms with Gasteiger partial charge in [-0.2, -0.15) is 5.26 Å². The smallest absolute Gasteiger partial charge is 0.161 e. The first kappa shape index (κ1) is 25.5. The molecule has 0 bridgehead atoms. The molecule has 2 heterocycles. The largest absolute Gasteiger partial charge is 0.487 e. The van der Waals surface area contributed by atoms with Crippen LogP contribution < -0.4 is 15.4 Å². The second-order valence-electron chi connectivity index (χ2n) is 9.53. The summed E-state index contributed by atoms with van der Waals surface area (Å²) < 4.78 is 19.4. The Bertz CT molecular complexity index is 1540. The number of pyridine rings is 1. The summed E-state index contributed by atoms with van der Waals surface area (Å²) in [4.78, 5) is 19.5. The molecular weight excluding hydrogens is 503 g/mol. The van der Waals surface area contributed by atoms with Crippen molar-refractivity contribution in [3.63, 3.8) is 0 Å². The van der Waals surface area contributed by atoms with E-state index >= 15 is 0 Å². The fourth-order valence-corrected chi connectivity index (χ4v) is 5.53. The lowest BCUT2D eigenvalue weighted by Crippen LogP contribution is -2.39. The summed E-state index contributed by atoms with van der Waals surface area (Å²) in [6.07, 6.45) is 5.13. The molecule has 0 radical (unpaired) electrons. The Hall–Kier alpha value is -4.15. The number of anilines is 1. The lowest BCUT2D eigenvalue weighted by molar-refractivity contribution is -0.116. The fraction of sp³-hybridized carbons (Fsp3) is 0.233. The van der Waals surface area contributed by atoms with Crippen LogP contribution in [0.3, 0.4) is 0 Å². The highest BCUT2D eigenvalue weighted by molar-refractivity contribution is 6.32. The lowest BCUT2D eigenvalue weighted by Gasteiger charge is -2.40. The summed E-state index contributed by atoms with van der Waals surface area (Å²) in [5, 5.41) is 10.5. The van der Waals surface area contributed by atoms with Crippen molar-refractivity contribution in [2.75, 3.05) is 4.90 Å². The summed E-state index contributed by atoms with van der Waals surface area (Å²) in [5.74, 6) is -0.349. The van der Waals surface area contributed by atoms with Gasteiger partial charge in [0.2, 0.25) is 0 Å². The van der Waals surface area contributed by atoms with Crippen LogP contribution in [0.2, 0.25) is 5.02 Å². The van der Waals surface area contributed by atoms with Crippen LogP contribution in [0, 0.1) is 31.0 Å². The van der Waals surface area contributed by atoms with E-state index < -0.39 is 11.7 Å². The summed E-state index contributed by atoms with van der Waals surface area (Å²) in [5.41, 5.74) is 12.7. The van der Waals surface area contributed by atoms with Crippen LogP contribution >= 0.6 is 11.6 Å². The van der Waals surface area contributed by atoms with Crippen molar-refractivity contribution in [3.05, 3.63) is 111 Å². The number of hydrogen-bond acceptors (Lipinski definition) is 6. The van der Waals surface area contributed by atoms with Gasteiger partial charge in [0.25, 0.3) is 0 Å². The number of nitrogens with two attached hydrogens (primary N) is 1. The molecule has 1 aliphatic carbocycles. The van der Waals surface area contributed by atoms with E-state index in [0.29, 0.717) is 47.7 Å². The fourth-order valence-electron chi connectivity index (χ4n) is 5.31. The quantitative estimate of drug-likeness (QED) is 0.413. The second kappa shape index (κ2) is 10.3. The molecule has 2 aliphatic rings. The molecule has 1 aromatic heterocycles. The van der Waals surface area contributed by atoms with E-state index in [1.165, 1.54) is 18.2 Å². The molecule has 3 aromatic rings. The Morgan fingerprint density at radius 1 is 1.21 bits per heavy atom. The first-order valence-electron chi connectivity index (χ1n) is 12.3. The zero-order valence-corrected chi connectivity index (χ0v) is 21.8. The number of rotatable bonds is 5. The Kier molecular flexibility index (Phi) is 6.92. The Labute approximate surface area is 225 Å². The van der Waals surface area contributed by atoms with E-state index in [0.717, 1.165) is 28.0 Å². The van der Waals surface area contributed by atoms with Gasteiger partial charge in [-0.25, -0.2) is 4.39 Å². The van der Waals surface area contributed by atoms with E-state index in [1.54, 1.807) is 23.4 Å². The van der Waals surface area contributed by atoms with Gasteiger partial charge in [-0.15, -0.1) is 0 Å². The van der Waals surface area contributed by atoms with Crippen LogP contribution in [0.15, 0.2) is 77.5 Å². The molecule has 1 unspecified atom stereocenters. The molecular formula is C30H26ClFN4O2. The number of carbonyl (C=O) groups is 1. The molecule has 192 valence electrons. The predicted octanol–water partition coefficient (Wildman–Crippen LogP) is 6.37. The number of aryl methyl sites for hydroxylation is 2. The maximum Gasteiger partial charge on any atom is 0.161 e. The van der Waals surface area contributed by atoms with Gasteiger partial charge in [0.05, 0.1) is 34.5 Å². The van der Waals surface area contributed by atoms with Crippen molar-refractivity contribution >= 4 is 23.1 Å². The van der Waals surface area contributed by atoms with Crippen LogP contribution in [-0.4, -0.2) is 10.8 Å². The van der Waals surface area contributed by atoms with E-state index in [2.05, 4.69) is 11.1 Å². The number of allylic oxidation sites excluding steroid dienone is 3. The summed E-state index contributed by atoms with van der Waals surface area (Å²) >= 11 is 6.15. The van der Waals surface area contributed by atoms with Crippen molar-refractivity contribution in [1.82, 2.24) is 4.98 Å². The number of nitrogens with zero attached hydrogens (tertiary/aromatic N) is 3. The maximum absolute atomic E-state index is 13.5. The molecule has 0 fully saturated rings. The number of ether oxygens (including phenoxy) is 1. The van der Waals surface area contributed by atoms with Gasteiger partial charge in [0, 0.05) is 23.9 Å². The summed E-state index contributed by atoms with van der Waals surface area (Å²) in [6, 6.07) is 14.0. The van der Waals surface area contributed by atoms with E-state index in [4.69, 9.17) is 22.1 Å². The van der Waals surface area contributed by atoms with Crippen molar-refractivity contribution in [1.29, 1.82) is 5.26 Å². The number of benzene rings is 2. The van der Waals surface area contributed by atoms with Gasteiger partial charge in [-0.1, -0.05) is 23.7 Å². The number of hydrogen-bond donors (Lipinski definition) is 1. The third-order valence-corrected chi connectivity index (χ3v) is 7.43. The van der Waals surface area contributed by atoms with Gasteiger partial charge in [-0.3, -0.25) is 14.7 Å². The molecule has 1 aliphatic heterocycles. The molecule has 0 saturated carbocycles. The molecule has 2 N–H and O–H groups in total. The molecule has 1 atom stereocenters. The Morgan fingerprint density at radius 2 is 2.03 bits per heavy atom. The first-order chi connectivity index (χ1) is 18.3. The SMILES string of the molecule is Cc1cc(C)c(C2C(C#N)=C(N)N(c3cccnc3)C3=C2C(=O)CCC3)cc1COc1ccc(F)cc1Cl. The topological polar surface area (TPSA) is 92.2 Å². The van der Waals surface area contributed by atoms with Gasteiger partial charge in [0.1, 0.15) is 24.0 Å². The van der Waals surface area contributed by atoms with Crippen molar-refractivity contribution in [2.24, 2.45) is 5.73 Å². The third kappa shape index (κ3) is 4.52. The molecule has 0 spiro atoms. The number of halogens is 2. The van der Waals surface area contributed by atoms with Gasteiger partial charge in [-0.05, 0) is 79.3 Å². The molecule has 38 heavy (non-hydrogen) atoms. The van der Waals surface area contributed by atoms with Crippen LogP contribution in [0.1, 0.15) is 47.4 Å². The predicted molar refractivity (Wildman–Crippen MR) is 144 cm³/mol. The minimum Gasteiger partial charge on any atom is -0.487 e. The van der Waals surface area contributed by atoms with Crippen molar-refractivity contribution in [3.8, 4) is 11.8 Å². The second-order valence-corrected chi connectivity index (χ2v) is 9.93. The summed E-state index contributed by atoms with van der Waals surface area (Å²) in [7, 11) is 0. The average molecular weight is 529 g/mol. The highest BCUT2D eigenvalue weighted by Crippen LogP contribution is 2.47. The molecule has 6 nitrogen and oxygen atoms in total. The van der Waals surface area contributed by atoms with Crippen LogP contribution in [0.5, 0.6) is 5.75 Å². The molecule has 0 amide bonds. The Balaban J connectivity index is 1.61. The number of aromatic nitrogens is 1. The van der Waals surface area contributed by atoms with Gasteiger partial charge < -0.3 is 10.5 Å². The lowest BCUT2D eigenvalue weighted by atomic mass is 9.74. The maximum atomic E-state index is 13.5. The average Bonchev–Trinajstić information content (AvgIpc) is 2.89. The van der Waals surface area contributed by atoms with E-state index in [-0.39, 0.29) is 17.4 Å². The number of carbonyl (C=O) groups excluding carboxylic acids is 1. The third-order valence-electron chi connectivity index (χ3n) is 7.13. The minimum atomic E-state index is -0.593. The number of ketones is 1. The monoisotopic (exact) mass is 528 g/mol. The van der Waals surface area contributed by atoms with Crippen LogP contribution in [0.25, 0.3) is 0 Å². The summed E-state index contributed by atoms with van der Waals surface area (Å²) in [6.45, 7) is 4.12. The molecule has 8 heteroatoms. The first-order valence-corrected chi connectivity index (χ1v) is 12.7. The van der Waals surface area contributed by atoms with Gasteiger partial charge in [0.15, 0.2) is 5.78 Å². The van der Waals surface area contributed by atoms with Crippen LogP contribution in [-0.2, 0) is 11.4 Å². The highest BCUT2D eigenvalue weighted by atomic mass is 35.5. The molecule has 2 aromatic carbocycles. The standard InChI is InChI=1S/C30H26ClFN4O2/c1-17-11-18(2)22(12-19(17)16-38-27-9-8-20(32)13-24(27)31)28-23(14-33)30(34)36(21-5-4-10-35-15-21)25-6-3-7-26(37)29(25)28/h4-5,8-13,15,28H,3,6-7,16,34H2,1-2H3. The van der Waals surface area contributed by atoms with E-state index in [1.807, 2.05) is 32.0 Å². The van der Waals surface area contributed by atoms with E-state index in [9.17, 15) is 14.4 Å². The molecule has 0 saturated heterocycles. The minimum absolute atomic E-state index is 0.0151. The zero-order chi connectivity index (χ0) is 27.0. The van der Waals surface area contributed by atoms with Crippen molar-refractivity contribution in [2.45, 2.75) is 45.6 Å².